The molecule has 3 unspecified atom stereocenters. The summed E-state index contributed by atoms with van der Waals surface area (Å²) in [6.45, 7) is 2.20. The summed E-state index contributed by atoms with van der Waals surface area (Å²) in [5.41, 5.74) is 4.55. The molecular formula is C24H25NO2. The number of Topliss-reactive ketones (excluding diaryl/α,β-unsaturated/α-hetero) is 1. The number of aromatic nitrogens is 1. The third kappa shape index (κ3) is 2.55. The topological polar surface area (TPSA) is 50.2 Å². The first kappa shape index (κ1) is 16.7. The molecule has 138 valence electrons. The molecule has 27 heavy (non-hydrogen) atoms. The third-order valence-electron chi connectivity index (χ3n) is 7.40. The summed E-state index contributed by atoms with van der Waals surface area (Å²) in [5.74, 6) is 2.25. The number of carbonyl (C=O) groups is 1. The lowest BCUT2D eigenvalue weighted by atomic mass is 9.55. The first-order valence-corrected chi connectivity index (χ1v) is 10.0. The van der Waals surface area contributed by atoms with Crippen LogP contribution in [0.3, 0.4) is 0 Å². The van der Waals surface area contributed by atoms with E-state index in [4.69, 9.17) is 0 Å². The van der Waals surface area contributed by atoms with Gasteiger partial charge in [0.05, 0.1) is 0 Å². The van der Waals surface area contributed by atoms with Crippen LogP contribution in [-0.2, 0) is 11.2 Å². The molecule has 2 fully saturated rings. The summed E-state index contributed by atoms with van der Waals surface area (Å²) in [5, 5.41) is 9.83. The van der Waals surface area contributed by atoms with Crippen molar-refractivity contribution in [2.45, 2.75) is 44.9 Å². The highest BCUT2D eigenvalue weighted by Gasteiger charge is 2.56. The summed E-state index contributed by atoms with van der Waals surface area (Å²) < 4.78 is 0. The van der Waals surface area contributed by atoms with Gasteiger partial charge >= 0.3 is 0 Å². The van der Waals surface area contributed by atoms with Gasteiger partial charge in [0.2, 0.25) is 0 Å². The quantitative estimate of drug-likeness (QED) is 0.736. The number of aryl methyl sites for hydroxylation is 1. The van der Waals surface area contributed by atoms with E-state index in [9.17, 15) is 9.90 Å². The highest BCUT2D eigenvalue weighted by atomic mass is 16.3. The smallest absolute Gasteiger partial charge is 0.165 e. The van der Waals surface area contributed by atoms with Crippen molar-refractivity contribution in [2.75, 3.05) is 0 Å². The Labute approximate surface area is 160 Å². The van der Waals surface area contributed by atoms with Gasteiger partial charge in [-0.1, -0.05) is 13.0 Å². The minimum Gasteiger partial charge on any atom is -0.508 e. The normalized spacial score (nSPS) is 33.4. The highest BCUT2D eigenvalue weighted by Crippen LogP contribution is 2.60. The molecule has 3 heteroatoms. The fourth-order valence-electron chi connectivity index (χ4n) is 6.03. The van der Waals surface area contributed by atoms with Gasteiger partial charge in [0.25, 0.3) is 0 Å². The zero-order valence-corrected chi connectivity index (χ0v) is 15.7. The summed E-state index contributed by atoms with van der Waals surface area (Å²) in [7, 11) is 0. The van der Waals surface area contributed by atoms with Crippen molar-refractivity contribution in [3.05, 3.63) is 65.0 Å². The number of carbonyl (C=O) groups excluding carboxylic acids is 1. The van der Waals surface area contributed by atoms with E-state index in [0.717, 1.165) is 43.2 Å². The monoisotopic (exact) mass is 359 g/mol. The van der Waals surface area contributed by atoms with Crippen molar-refractivity contribution < 1.29 is 9.90 Å². The number of hydrogen-bond acceptors (Lipinski definition) is 3. The average molecular weight is 359 g/mol. The molecule has 0 radical (unpaired) electrons. The number of nitrogens with zero attached hydrogens (tertiary/aromatic N) is 1. The highest BCUT2D eigenvalue weighted by molar-refractivity contribution is 6.05. The SMILES string of the molecule is C[C@]12CCC3c4ccc(O)cc4CCC3C1C/C(=C\c1ccncc1)C2=O. The van der Waals surface area contributed by atoms with E-state index >= 15 is 0 Å². The molecule has 0 bridgehead atoms. The number of phenols is 1. The molecule has 0 spiro atoms. The van der Waals surface area contributed by atoms with E-state index in [-0.39, 0.29) is 5.41 Å². The van der Waals surface area contributed by atoms with Crippen molar-refractivity contribution >= 4 is 11.9 Å². The van der Waals surface area contributed by atoms with E-state index < -0.39 is 0 Å². The number of fused-ring (bicyclic) bond motifs is 5. The second-order valence-corrected chi connectivity index (χ2v) is 8.74. The molecule has 3 nitrogen and oxygen atoms in total. The van der Waals surface area contributed by atoms with E-state index in [0.29, 0.717) is 29.3 Å². The number of ketones is 1. The summed E-state index contributed by atoms with van der Waals surface area (Å²) in [6, 6.07) is 9.82. The van der Waals surface area contributed by atoms with Crippen molar-refractivity contribution in [1.29, 1.82) is 0 Å². The minimum atomic E-state index is -0.214. The van der Waals surface area contributed by atoms with Crippen LogP contribution in [-0.4, -0.2) is 15.9 Å². The van der Waals surface area contributed by atoms with Crippen LogP contribution >= 0.6 is 0 Å². The maximum atomic E-state index is 13.3. The van der Waals surface area contributed by atoms with Crippen LogP contribution in [0.2, 0.25) is 0 Å². The fourth-order valence-corrected chi connectivity index (χ4v) is 6.03. The van der Waals surface area contributed by atoms with E-state index in [1.54, 1.807) is 12.4 Å². The van der Waals surface area contributed by atoms with Crippen LogP contribution in [0.5, 0.6) is 5.75 Å². The van der Waals surface area contributed by atoms with Crippen LogP contribution in [0.15, 0.2) is 48.3 Å². The van der Waals surface area contributed by atoms with Gasteiger partial charge in [0, 0.05) is 17.8 Å². The average Bonchev–Trinajstić information content (AvgIpc) is 2.93. The Hall–Kier alpha value is -2.42. The first-order chi connectivity index (χ1) is 13.1. The van der Waals surface area contributed by atoms with Crippen LogP contribution < -0.4 is 0 Å². The molecule has 5 rings (SSSR count). The molecule has 3 aliphatic carbocycles. The van der Waals surface area contributed by atoms with Crippen LogP contribution in [0.1, 0.15) is 55.2 Å². The third-order valence-corrected chi connectivity index (χ3v) is 7.40. The lowest BCUT2D eigenvalue weighted by Crippen LogP contribution is -2.42. The second-order valence-electron chi connectivity index (χ2n) is 8.74. The summed E-state index contributed by atoms with van der Waals surface area (Å²) in [4.78, 5) is 17.4. The number of benzene rings is 1. The Morgan fingerprint density at radius 1 is 1.19 bits per heavy atom. The molecule has 0 saturated heterocycles. The van der Waals surface area contributed by atoms with Crippen molar-refractivity contribution in [1.82, 2.24) is 4.98 Å². The van der Waals surface area contributed by atoms with Crippen molar-refractivity contribution in [3.63, 3.8) is 0 Å². The van der Waals surface area contributed by atoms with Crippen molar-refractivity contribution in [3.8, 4) is 5.75 Å². The molecular weight excluding hydrogens is 334 g/mol. The van der Waals surface area contributed by atoms with E-state index in [1.165, 1.54) is 11.1 Å². The van der Waals surface area contributed by atoms with Crippen LogP contribution in [0.4, 0.5) is 0 Å². The zero-order chi connectivity index (χ0) is 18.6. The van der Waals surface area contributed by atoms with Crippen LogP contribution in [0, 0.1) is 17.3 Å². The predicted molar refractivity (Wildman–Crippen MR) is 105 cm³/mol. The Morgan fingerprint density at radius 2 is 2.00 bits per heavy atom. The molecule has 0 aliphatic heterocycles. The molecule has 1 aromatic carbocycles. The fraction of sp³-hybridized carbons (Fsp3) is 0.417. The van der Waals surface area contributed by atoms with Gasteiger partial charge < -0.3 is 5.11 Å². The van der Waals surface area contributed by atoms with Crippen molar-refractivity contribution in [2.24, 2.45) is 17.3 Å². The van der Waals surface area contributed by atoms with Gasteiger partial charge in [-0.2, -0.15) is 0 Å². The van der Waals surface area contributed by atoms with Gasteiger partial charge in [0.15, 0.2) is 5.78 Å². The van der Waals surface area contributed by atoms with Gasteiger partial charge in [-0.15, -0.1) is 0 Å². The Balaban J connectivity index is 1.50. The first-order valence-electron chi connectivity index (χ1n) is 10.0. The van der Waals surface area contributed by atoms with Gasteiger partial charge in [-0.3, -0.25) is 9.78 Å². The maximum absolute atomic E-state index is 13.3. The molecule has 2 aromatic rings. The number of allylic oxidation sites excluding steroid dienone is 1. The maximum Gasteiger partial charge on any atom is 0.165 e. The molecule has 0 amide bonds. The Morgan fingerprint density at radius 3 is 2.81 bits per heavy atom. The standard InChI is InChI=1S/C24H25NO2/c1-24-9-6-20-19-5-3-18(26)13-16(19)2-4-21(20)22(24)14-17(23(24)27)12-15-7-10-25-11-8-15/h3,5,7-8,10-13,20-22,26H,2,4,6,9,14H2,1H3/b17-12+/t20?,21?,22?,24-/m0/s1. The summed E-state index contributed by atoms with van der Waals surface area (Å²) in [6.07, 6.45) is 10.7. The number of phenolic OH excluding ortho intramolecular Hbond substituents is 1. The van der Waals surface area contributed by atoms with E-state index in [2.05, 4.69) is 24.1 Å². The molecule has 3 aliphatic rings. The molecule has 4 atom stereocenters. The Kier molecular flexibility index (Phi) is 3.75. The van der Waals surface area contributed by atoms with Gasteiger partial charge in [-0.25, -0.2) is 0 Å². The van der Waals surface area contributed by atoms with E-state index in [1.807, 2.05) is 24.3 Å². The number of pyridine rings is 1. The zero-order valence-electron chi connectivity index (χ0n) is 15.7. The second kappa shape index (κ2) is 6.05. The molecule has 1 heterocycles. The molecule has 2 saturated carbocycles. The van der Waals surface area contributed by atoms with Crippen LogP contribution in [0.25, 0.3) is 6.08 Å². The largest absolute Gasteiger partial charge is 0.508 e. The van der Waals surface area contributed by atoms with Gasteiger partial charge in [-0.05, 0) is 102 Å². The molecule has 1 aromatic heterocycles. The number of aromatic hydroxyl groups is 1. The lowest BCUT2D eigenvalue weighted by Gasteiger charge is -2.48. The molecule has 1 N–H and O–H groups in total. The summed E-state index contributed by atoms with van der Waals surface area (Å²) >= 11 is 0. The minimum absolute atomic E-state index is 0.214. The van der Waals surface area contributed by atoms with Gasteiger partial charge in [0.1, 0.15) is 5.75 Å². The predicted octanol–water partition coefficient (Wildman–Crippen LogP) is 4.91. The number of hydrogen-bond donors (Lipinski definition) is 1. The Bertz CT molecular complexity index is 933. The number of rotatable bonds is 1. The lowest BCUT2D eigenvalue weighted by molar-refractivity contribution is -0.127.